The minimum Gasteiger partial charge on any atom is -0.451 e. The van der Waals surface area contributed by atoms with Gasteiger partial charge in [-0.15, -0.1) is 0 Å². The van der Waals surface area contributed by atoms with Gasteiger partial charge in [-0.25, -0.2) is 18.3 Å². The van der Waals surface area contributed by atoms with Gasteiger partial charge in [0.2, 0.25) is 0 Å². The number of hydrogen-bond acceptors (Lipinski definition) is 7. The summed E-state index contributed by atoms with van der Waals surface area (Å²) in [5.41, 5.74) is -0.543. The van der Waals surface area contributed by atoms with E-state index >= 15 is 0 Å². The number of H-pyrrole nitrogens is 1. The molecule has 1 aliphatic heterocycles. The third-order valence-corrected chi connectivity index (χ3v) is 5.59. The summed E-state index contributed by atoms with van der Waals surface area (Å²) in [7, 11) is -3.11. The van der Waals surface area contributed by atoms with Crippen LogP contribution in [0.15, 0.2) is 29.1 Å². The Labute approximate surface area is 142 Å². The summed E-state index contributed by atoms with van der Waals surface area (Å²) in [5.74, 6) is -1.53. The van der Waals surface area contributed by atoms with Crippen molar-refractivity contribution < 1.29 is 22.7 Å². The number of fused-ring (bicyclic) bond motifs is 1. The van der Waals surface area contributed by atoms with Crippen LogP contribution in [0, 0.1) is 0 Å². The predicted molar refractivity (Wildman–Crippen MR) is 87.8 cm³/mol. The lowest BCUT2D eigenvalue weighted by Gasteiger charge is -2.11. The molecular weight excluding hydrogens is 350 g/mol. The average molecular weight is 365 g/mol. The fourth-order valence-corrected chi connectivity index (χ4v) is 4.32. The SMILES string of the molecule is O=C(COC(=O)c1n[nH]c(=O)c2ccccc12)N[C@H]1CCS(=O)(=O)C1. The van der Waals surface area contributed by atoms with Gasteiger partial charge in [-0.05, 0) is 12.5 Å². The van der Waals surface area contributed by atoms with E-state index in [1.54, 1.807) is 24.3 Å². The molecule has 2 heterocycles. The number of sulfone groups is 1. The van der Waals surface area contributed by atoms with Crippen LogP contribution in [0.4, 0.5) is 0 Å². The lowest BCUT2D eigenvalue weighted by atomic mass is 10.1. The Kier molecular flexibility index (Phi) is 4.53. The standard InChI is InChI=1S/C15H15N3O6S/c19-12(16-9-5-6-25(22,23)8-9)7-24-15(21)13-10-3-1-2-4-11(10)14(20)18-17-13/h1-4,9H,5-8H2,(H,16,19)(H,18,20)/t9-/m0/s1. The van der Waals surface area contributed by atoms with Gasteiger partial charge in [0.25, 0.3) is 11.5 Å². The fraction of sp³-hybridized carbons (Fsp3) is 0.333. The molecule has 132 valence electrons. The number of aromatic nitrogens is 2. The van der Waals surface area contributed by atoms with E-state index in [0.29, 0.717) is 11.8 Å². The number of amides is 1. The van der Waals surface area contributed by atoms with Crippen LogP contribution in [0.2, 0.25) is 0 Å². The Morgan fingerprint density at radius 3 is 2.68 bits per heavy atom. The molecule has 1 saturated heterocycles. The topological polar surface area (TPSA) is 135 Å². The van der Waals surface area contributed by atoms with Crippen molar-refractivity contribution in [3.63, 3.8) is 0 Å². The van der Waals surface area contributed by atoms with E-state index in [1.165, 1.54) is 0 Å². The van der Waals surface area contributed by atoms with Crippen molar-refractivity contribution in [2.24, 2.45) is 0 Å². The van der Waals surface area contributed by atoms with Crippen molar-refractivity contribution >= 4 is 32.5 Å². The average Bonchev–Trinajstić information content (AvgIpc) is 2.92. The van der Waals surface area contributed by atoms with E-state index in [2.05, 4.69) is 15.5 Å². The molecule has 0 unspecified atom stereocenters. The van der Waals surface area contributed by atoms with Crippen molar-refractivity contribution in [3.8, 4) is 0 Å². The molecule has 1 aliphatic rings. The number of esters is 1. The largest absolute Gasteiger partial charge is 0.451 e. The molecule has 0 aliphatic carbocycles. The molecule has 1 aromatic carbocycles. The monoisotopic (exact) mass is 365 g/mol. The van der Waals surface area contributed by atoms with Crippen molar-refractivity contribution in [2.75, 3.05) is 18.1 Å². The molecule has 10 heteroatoms. The van der Waals surface area contributed by atoms with E-state index in [9.17, 15) is 22.8 Å². The molecule has 1 aromatic heterocycles. The molecule has 0 spiro atoms. The molecule has 1 amide bonds. The Hall–Kier alpha value is -2.75. The van der Waals surface area contributed by atoms with Gasteiger partial charge in [0.05, 0.1) is 16.9 Å². The molecule has 0 radical (unpaired) electrons. The van der Waals surface area contributed by atoms with Gasteiger partial charge in [-0.1, -0.05) is 18.2 Å². The minimum atomic E-state index is -3.11. The summed E-state index contributed by atoms with van der Waals surface area (Å²) in [4.78, 5) is 35.6. The first-order valence-corrected chi connectivity index (χ1v) is 9.32. The van der Waals surface area contributed by atoms with E-state index in [4.69, 9.17) is 4.74 Å². The van der Waals surface area contributed by atoms with Gasteiger partial charge in [-0.2, -0.15) is 5.10 Å². The smallest absolute Gasteiger partial charge is 0.359 e. The molecule has 0 bridgehead atoms. The van der Waals surface area contributed by atoms with E-state index in [-0.39, 0.29) is 22.6 Å². The maximum atomic E-state index is 12.1. The predicted octanol–water partition coefficient (Wildman–Crippen LogP) is -0.617. The molecule has 2 N–H and O–H groups in total. The zero-order valence-electron chi connectivity index (χ0n) is 13.0. The highest BCUT2D eigenvalue weighted by molar-refractivity contribution is 7.91. The maximum absolute atomic E-state index is 12.1. The summed E-state index contributed by atoms with van der Waals surface area (Å²) in [5, 5.41) is 9.00. The zero-order valence-corrected chi connectivity index (χ0v) is 13.8. The fourth-order valence-electron chi connectivity index (χ4n) is 2.65. The summed E-state index contributed by atoms with van der Waals surface area (Å²) < 4.78 is 27.6. The lowest BCUT2D eigenvalue weighted by Crippen LogP contribution is -2.38. The number of carbonyl (C=O) groups is 2. The Bertz CT molecular complexity index is 998. The summed E-state index contributed by atoms with van der Waals surface area (Å²) in [6, 6.07) is 5.92. The number of hydrogen-bond donors (Lipinski definition) is 2. The summed E-state index contributed by atoms with van der Waals surface area (Å²) in [6.45, 7) is -0.565. The van der Waals surface area contributed by atoms with Crippen LogP contribution < -0.4 is 10.9 Å². The van der Waals surface area contributed by atoms with E-state index in [1.807, 2.05) is 0 Å². The van der Waals surface area contributed by atoms with E-state index < -0.39 is 39.9 Å². The van der Waals surface area contributed by atoms with Crippen LogP contribution in [0.3, 0.4) is 0 Å². The first-order valence-electron chi connectivity index (χ1n) is 7.50. The van der Waals surface area contributed by atoms with Gasteiger partial charge in [0, 0.05) is 11.4 Å². The van der Waals surface area contributed by atoms with Gasteiger partial charge in [-0.3, -0.25) is 9.59 Å². The third-order valence-electron chi connectivity index (χ3n) is 3.82. The second-order valence-electron chi connectivity index (χ2n) is 5.69. The van der Waals surface area contributed by atoms with Crippen LogP contribution in [0.5, 0.6) is 0 Å². The number of benzene rings is 1. The third kappa shape index (κ3) is 3.85. The summed E-state index contributed by atoms with van der Waals surface area (Å²) in [6.07, 6.45) is 0.341. The minimum absolute atomic E-state index is 0.0328. The van der Waals surface area contributed by atoms with E-state index in [0.717, 1.165) is 0 Å². The molecule has 1 atom stereocenters. The molecule has 9 nitrogen and oxygen atoms in total. The molecule has 3 rings (SSSR count). The Morgan fingerprint density at radius 2 is 2.00 bits per heavy atom. The van der Waals surface area contributed by atoms with Gasteiger partial charge in [0.1, 0.15) is 0 Å². The van der Waals surface area contributed by atoms with Crippen LogP contribution in [0.25, 0.3) is 10.8 Å². The van der Waals surface area contributed by atoms with Crippen molar-refractivity contribution in [1.82, 2.24) is 15.5 Å². The second kappa shape index (κ2) is 6.63. The summed E-state index contributed by atoms with van der Waals surface area (Å²) >= 11 is 0. The number of ether oxygens (including phenoxy) is 1. The maximum Gasteiger partial charge on any atom is 0.359 e. The Balaban J connectivity index is 1.64. The quantitative estimate of drug-likeness (QED) is 0.690. The van der Waals surface area contributed by atoms with Crippen LogP contribution in [-0.4, -0.2) is 54.6 Å². The highest BCUT2D eigenvalue weighted by Crippen LogP contribution is 2.13. The van der Waals surface area contributed by atoms with Gasteiger partial charge < -0.3 is 10.1 Å². The molecule has 0 saturated carbocycles. The molecule has 2 aromatic rings. The lowest BCUT2D eigenvalue weighted by molar-refractivity contribution is -0.124. The highest BCUT2D eigenvalue weighted by atomic mass is 32.2. The molecular formula is C15H15N3O6S. The van der Waals surface area contributed by atoms with Crippen LogP contribution >= 0.6 is 0 Å². The van der Waals surface area contributed by atoms with Crippen LogP contribution in [-0.2, 0) is 19.4 Å². The highest BCUT2D eigenvalue weighted by Gasteiger charge is 2.29. The van der Waals surface area contributed by atoms with Crippen LogP contribution in [0.1, 0.15) is 16.9 Å². The number of nitrogens with one attached hydrogen (secondary N) is 2. The Morgan fingerprint density at radius 1 is 1.28 bits per heavy atom. The van der Waals surface area contributed by atoms with Crippen molar-refractivity contribution in [3.05, 3.63) is 40.3 Å². The molecule has 25 heavy (non-hydrogen) atoms. The second-order valence-corrected chi connectivity index (χ2v) is 7.92. The number of carbonyl (C=O) groups excluding carboxylic acids is 2. The first kappa shape index (κ1) is 17.1. The van der Waals surface area contributed by atoms with Crippen molar-refractivity contribution in [2.45, 2.75) is 12.5 Å². The number of nitrogens with zero attached hydrogens (tertiary/aromatic N) is 1. The van der Waals surface area contributed by atoms with Crippen molar-refractivity contribution in [1.29, 1.82) is 0 Å². The van der Waals surface area contributed by atoms with Gasteiger partial charge in [0.15, 0.2) is 22.1 Å². The number of rotatable bonds is 4. The number of aromatic amines is 1. The zero-order chi connectivity index (χ0) is 18.0. The van der Waals surface area contributed by atoms with Gasteiger partial charge >= 0.3 is 5.97 Å². The first-order chi connectivity index (χ1) is 11.9. The molecule has 1 fully saturated rings. The normalized spacial score (nSPS) is 18.8.